The van der Waals surface area contributed by atoms with Crippen molar-refractivity contribution < 1.29 is 19.7 Å². The van der Waals surface area contributed by atoms with Crippen molar-refractivity contribution in [3.8, 4) is 17.2 Å². The Bertz CT molecular complexity index is 605. The normalized spacial score (nSPS) is 10.2. The quantitative estimate of drug-likeness (QED) is 0.827. The fraction of sp³-hybridized carbons (Fsp3) is 0.133. The number of hydrogen-bond donors (Lipinski definition) is 2. The van der Waals surface area contributed by atoms with E-state index in [2.05, 4.69) is 0 Å². The number of phenols is 2. The van der Waals surface area contributed by atoms with Crippen molar-refractivity contribution >= 4 is 5.78 Å². The first-order valence-corrected chi connectivity index (χ1v) is 5.81. The fourth-order valence-electron chi connectivity index (χ4n) is 1.67. The van der Waals surface area contributed by atoms with E-state index in [1.807, 2.05) is 6.07 Å². The standard InChI is InChI=1S/C15H14O4/c1-10(16)12-4-2-3-11(7-12)9-19-15-6-5-13(17)8-14(15)18/h2-8,17-18H,9H2,1H3. The molecular weight excluding hydrogens is 244 g/mol. The van der Waals surface area contributed by atoms with Gasteiger partial charge in [0.1, 0.15) is 12.4 Å². The third-order valence-electron chi connectivity index (χ3n) is 2.67. The fourth-order valence-corrected chi connectivity index (χ4v) is 1.67. The molecule has 0 heterocycles. The summed E-state index contributed by atoms with van der Waals surface area (Å²) in [5.74, 6) is 0.131. The molecule has 19 heavy (non-hydrogen) atoms. The summed E-state index contributed by atoms with van der Waals surface area (Å²) < 4.78 is 5.44. The number of ether oxygens (including phenoxy) is 1. The van der Waals surface area contributed by atoms with Crippen molar-refractivity contribution in [3.05, 3.63) is 53.6 Å². The maximum absolute atomic E-state index is 11.3. The molecule has 4 nitrogen and oxygen atoms in total. The van der Waals surface area contributed by atoms with Crippen molar-refractivity contribution in [2.45, 2.75) is 13.5 Å². The maximum atomic E-state index is 11.3. The lowest BCUT2D eigenvalue weighted by molar-refractivity contribution is 0.101. The second kappa shape index (κ2) is 5.44. The van der Waals surface area contributed by atoms with Gasteiger partial charge in [-0.1, -0.05) is 18.2 Å². The Hall–Kier alpha value is -2.49. The highest BCUT2D eigenvalue weighted by Gasteiger charge is 2.05. The predicted octanol–water partition coefficient (Wildman–Crippen LogP) is 2.88. The monoisotopic (exact) mass is 258 g/mol. The van der Waals surface area contributed by atoms with Gasteiger partial charge in [-0.2, -0.15) is 0 Å². The molecule has 0 aliphatic carbocycles. The number of ketones is 1. The highest BCUT2D eigenvalue weighted by atomic mass is 16.5. The summed E-state index contributed by atoms with van der Waals surface area (Å²) in [7, 11) is 0. The number of carbonyl (C=O) groups excluding carboxylic acids is 1. The van der Waals surface area contributed by atoms with Crippen molar-refractivity contribution in [2.75, 3.05) is 0 Å². The molecule has 2 aromatic carbocycles. The Morgan fingerprint density at radius 3 is 2.63 bits per heavy atom. The van der Waals surface area contributed by atoms with E-state index in [1.165, 1.54) is 25.1 Å². The Kier molecular flexibility index (Phi) is 3.71. The van der Waals surface area contributed by atoms with E-state index in [0.717, 1.165) is 5.56 Å². The zero-order valence-corrected chi connectivity index (χ0v) is 10.5. The van der Waals surface area contributed by atoms with Crippen LogP contribution in [0.3, 0.4) is 0 Å². The maximum Gasteiger partial charge on any atom is 0.161 e. The Morgan fingerprint density at radius 2 is 1.95 bits per heavy atom. The van der Waals surface area contributed by atoms with E-state index in [-0.39, 0.29) is 29.6 Å². The number of aromatic hydroxyl groups is 2. The number of carbonyl (C=O) groups is 1. The average Bonchev–Trinajstić information content (AvgIpc) is 2.38. The van der Waals surface area contributed by atoms with Crippen molar-refractivity contribution in [3.63, 3.8) is 0 Å². The molecule has 0 saturated carbocycles. The summed E-state index contributed by atoms with van der Waals surface area (Å²) in [4.78, 5) is 11.3. The van der Waals surface area contributed by atoms with Crippen LogP contribution in [0.5, 0.6) is 17.2 Å². The van der Waals surface area contributed by atoms with E-state index in [1.54, 1.807) is 18.2 Å². The van der Waals surface area contributed by atoms with Crippen LogP contribution in [0.1, 0.15) is 22.8 Å². The average molecular weight is 258 g/mol. The lowest BCUT2D eigenvalue weighted by Crippen LogP contribution is -1.98. The van der Waals surface area contributed by atoms with Crippen molar-refractivity contribution in [2.24, 2.45) is 0 Å². The van der Waals surface area contributed by atoms with E-state index in [4.69, 9.17) is 9.84 Å². The minimum absolute atomic E-state index is 0.00525. The van der Waals surface area contributed by atoms with E-state index in [0.29, 0.717) is 5.56 Å². The first-order chi connectivity index (χ1) is 9.06. The van der Waals surface area contributed by atoms with Gasteiger partial charge in [-0.15, -0.1) is 0 Å². The molecule has 0 bridgehead atoms. The van der Waals surface area contributed by atoms with E-state index < -0.39 is 0 Å². The molecule has 0 aromatic heterocycles. The van der Waals surface area contributed by atoms with Crippen LogP contribution in [0.25, 0.3) is 0 Å². The van der Waals surface area contributed by atoms with E-state index in [9.17, 15) is 9.90 Å². The lowest BCUT2D eigenvalue weighted by Gasteiger charge is -2.09. The Morgan fingerprint density at radius 1 is 1.16 bits per heavy atom. The van der Waals surface area contributed by atoms with Gasteiger partial charge in [0.05, 0.1) is 0 Å². The van der Waals surface area contributed by atoms with Crippen LogP contribution in [-0.4, -0.2) is 16.0 Å². The molecule has 0 fully saturated rings. The number of benzene rings is 2. The molecule has 2 rings (SSSR count). The SMILES string of the molecule is CC(=O)c1cccc(COc2ccc(O)cc2O)c1. The Balaban J connectivity index is 2.10. The van der Waals surface area contributed by atoms with Gasteiger partial charge in [-0.3, -0.25) is 4.79 Å². The molecular formula is C15H14O4. The van der Waals surface area contributed by atoms with Crippen LogP contribution >= 0.6 is 0 Å². The smallest absolute Gasteiger partial charge is 0.161 e. The van der Waals surface area contributed by atoms with Gasteiger partial charge in [0.15, 0.2) is 17.3 Å². The largest absolute Gasteiger partial charge is 0.508 e. The molecule has 0 spiro atoms. The second-order valence-electron chi connectivity index (χ2n) is 4.20. The molecule has 0 unspecified atom stereocenters. The molecule has 4 heteroatoms. The van der Waals surface area contributed by atoms with Crippen molar-refractivity contribution in [1.82, 2.24) is 0 Å². The molecule has 2 N–H and O–H groups in total. The summed E-state index contributed by atoms with van der Waals surface area (Å²) in [6, 6.07) is 11.2. The van der Waals surface area contributed by atoms with Crippen molar-refractivity contribution in [1.29, 1.82) is 0 Å². The van der Waals surface area contributed by atoms with Gasteiger partial charge in [0.25, 0.3) is 0 Å². The van der Waals surface area contributed by atoms with Crippen LogP contribution in [0.2, 0.25) is 0 Å². The van der Waals surface area contributed by atoms with Crippen LogP contribution < -0.4 is 4.74 Å². The summed E-state index contributed by atoms with van der Waals surface area (Å²) in [6.45, 7) is 1.74. The van der Waals surface area contributed by atoms with Crippen LogP contribution in [-0.2, 0) is 6.61 Å². The first kappa shape index (κ1) is 13.0. The summed E-state index contributed by atoms with van der Waals surface area (Å²) in [6.07, 6.45) is 0. The Labute approximate surface area is 110 Å². The minimum Gasteiger partial charge on any atom is -0.508 e. The van der Waals surface area contributed by atoms with Crippen LogP contribution in [0.4, 0.5) is 0 Å². The molecule has 2 aromatic rings. The first-order valence-electron chi connectivity index (χ1n) is 5.81. The number of phenolic OH excluding ortho intramolecular Hbond substituents is 2. The summed E-state index contributed by atoms with van der Waals surface area (Å²) in [5.41, 5.74) is 1.45. The summed E-state index contributed by atoms with van der Waals surface area (Å²) in [5, 5.41) is 18.7. The predicted molar refractivity (Wildman–Crippen MR) is 70.6 cm³/mol. The lowest BCUT2D eigenvalue weighted by atomic mass is 10.1. The molecule has 0 atom stereocenters. The molecule has 98 valence electrons. The highest BCUT2D eigenvalue weighted by Crippen LogP contribution is 2.30. The minimum atomic E-state index is -0.122. The third-order valence-corrected chi connectivity index (χ3v) is 2.67. The highest BCUT2D eigenvalue weighted by molar-refractivity contribution is 5.94. The molecule has 0 aliphatic rings. The van der Waals surface area contributed by atoms with E-state index >= 15 is 0 Å². The zero-order valence-electron chi connectivity index (χ0n) is 10.5. The van der Waals surface area contributed by atoms with Gasteiger partial charge < -0.3 is 14.9 Å². The van der Waals surface area contributed by atoms with Crippen LogP contribution in [0, 0.1) is 0 Å². The second-order valence-corrected chi connectivity index (χ2v) is 4.20. The molecule has 0 aliphatic heterocycles. The number of rotatable bonds is 4. The number of Topliss-reactive ketones (excluding diaryl/α,β-unsaturated/α-hetero) is 1. The van der Waals surface area contributed by atoms with Gasteiger partial charge in [-0.05, 0) is 30.7 Å². The third kappa shape index (κ3) is 3.25. The molecule has 0 radical (unpaired) electrons. The van der Waals surface area contributed by atoms with Gasteiger partial charge in [0, 0.05) is 11.6 Å². The molecule has 0 saturated heterocycles. The van der Waals surface area contributed by atoms with Gasteiger partial charge in [-0.25, -0.2) is 0 Å². The molecule has 0 amide bonds. The topological polar surface area (TPSA) is 66.8 Å². The van der Waals surface area contributed by atoms with Gasteiger partial charge in [0.2, 0.25) is 0 Å². The van der Waals surface area contributed by atoms with Gasteiger partial charge >= 0.3 is 0 Å². The number of hydrogen-bond acceptors (Lipinski definition) is 4. The summed E-state index contributed by atoms with van der Waals surface area (Å²) >= 11 is 0. The zero-order chi connectivity index (χ0) is 13.8. The van der Waals surface area contributed by atoms with Crippen LogP contribution in [0.15, 0.2) is 42.5 Å².